The fourth-order valence-corrected chi connectivity index (χ4v) is 9.40. The molecule has 1 atom stereocenters. The van der Waals surface area contributed by atoms with Crippen molar-refractivity contribution in [2.45, 2.75) is 302 Å². The van der Waals surface area contributed by atoms with Crippen molar-refractivity contribution in [1.82, 2.24) is 0 Å². The Morgan fingerprint density at radius 3 is 0.726 bits per heavy atom. The average molecular weight is 1160 g/mol. The van der Waals surface area contributed by atoms with Gasteiger partial charge in [0.15, 0.2) is 6.10 Å². The fourth-order valence-electron chi connectivity index (χ4n) is 9.40. The number of carbonyl (C=O) groups excluding carboxylic acids is 2. The van der Waals surface area contributed by atoms with Crippen molar-refractivity contribution in [3.63, 3.8) is 0 Å². The number of ether oxygens (including phenoxy) is 2. The lowest BCUT2D eigenvalue weighted by atomic mass is 10.0. The first-order valence-corrected chi connectivity index (χ1v) is 34.7. The molecule has 0 aliphatic rings. The molecule has 0 fully saturated rings. The summed E-state index contributed by atoms with van der Waals surface area (Å²) in [6.45, 7) is 3.90. The van der Waals surface area contributed by atoms with Crippen molar-refractivity contribution in [1.29, 1.82) is 0 Å². The van der Waals surface area contributed by atoms with E-state index < -0.39 is 6.10 Å². The molecule has 0 amide bonds. The molecule has 0 aromatic carbocycles. The second kappa shape index (κ2) is 72.5. The molecular formula is C79H128O5. The predicted molar refractivity (Wildman–Crippen MR) is 370 cm³/mol. The number of esters is 2. The summed E-state index contributed by atoms with van der Waals surface area (Å²) >= 11 is 0. The number of hydrogen-bond donors (Lipinski definition) is 1. The second-order valence-corrected chi connectivity index (χ2v) is 22.5. The van der Waals surface area contributed by atoms with Crippen LogP contribution in [0.4, 0.5) is 0 Å². The summed E-state index contributed by atoms with van der Waals surface area (Å²) in [5.41, 5.74) is 0. The van der Waals surface area contributed by atoms with Crippen LogP contribution >= 0.6 is 0 Å². The first-order valence-electron chi connectivity index (χ1n) is 34.7. The van der Waals surface area contributed by atoms with Crippen molar-refractivity contribution >= 4 is 11.9 Å². The van der Waals surface area contributed by atoms with E-state index in [0.717, 1.165) is 135 Å². The topological polar surface area (TPSA) is 72.8 Å². The van der Waals surface area contributed by atoms with Crippen molar-refractivity contribution < 1.29 is 24.2 Å². The maximum Gasteiger partial charge on any atom is 0.306 e. The van der Waals surface area contributed by atoms with E-state index in [1.165, 1.54) is 135 Å². The first kappa shape index (κ1) is 79.3. The van der Waals surface area contributed by atoms with Gasteiger partial charge in [0.2, 0.25) is 0 Å². The highest BCUT2D eigenvalue weighted by Crippen LogP contribution is 2.17. The smallest absolute Gasteiger partial charge is 0.306 e. The van der Waals surface area contributed by atoms with Gasteiger partial charge in [0.1, 0.15) is 6.61 Å². The van der Waals surface area contributed by atoms with Crippen molar-refractivity contribution in [3.8, 4) is 0 Å². The van der Waals surface area contributed by atoms with E-state index >= 15 is 0 Å². The largest absolute Gasteiger partial charge is 0.462 e. The summed E-state index contributed by atoms with van der Waals surface area (Å²) < 4.78 is 10.7. The lowest BCUT2D eigenvalue weighted by Crippen LogP contribution is -2.28. The number of carbonyl (C=O) groups is 2. The highest BCUT2D eigenvalue weighted by molar-refractivity contribution is 5.70. The molecule has 0 aromatic heterocycles. The van der Waals surface area contributed by atoms with Gasteiger partial charge in [0, 0.05) is 12.8 Å². The van der Waals surface area contributed by atoms with Gasteiger partial charge < -0.3 is 14.6 Å². The van der Waals surface area contributed by atoms with E-state index in [1.54, 1.807) is 0 Å². The summed E-state index contributed by atoms with van der Waals surface area (Å²) in [5, 5.41) is 9.69. The SMILES string of the molecule is CC/C=C\C/C=C\C/C=C\C/C=C\C/C=C\C/C=C\C/C=C\C/C=C\C/C=C\CCCCCC(=O)OC(CO)COC(=O)CCCCCCCCCCCCCCCCCCCCCCCCC/C=C\C/C=C\C/C=C\C/C=C\C/C=C\CC. The first-order chi connectivity index (χ1) is 41.6. The zero-order valence-electron chi connectivity index (χ0n) is 54.4. The van der Waals surface area contributed by atoms with Crippen LogP contribution < -0.4 is 0 Å². The number of aliphatic hydroxyl groups excluding tert-OH is 1. The Morgan fingerprint density at radius 1 is 0.274 bits per heavy atom. The van der Waals surface area contributed by atoms with Gasteiger partial charge in [-0.2, -0.15) is 0 Å². The third-order valence-corrected chi connectivity index (χ3v) is 14.5. The minimum atomic E-state index is -0.802. The molecule has 1 N–H and O–H groups in total. The summed E-state index contributed by atoms with van der Waals surface area (Å²) in [4.78, 5) is 24.6. The monoisotopic (exact) mass is 1160 g/mol. The van der Waals surface area contributed by atoms with Gasteiger partial charge in [-0.1, -0.05) is 325 Å². The van der Waals surface area contributed by atoms with Crippen LogP contribution in [0, 0.1) is 0 Å². The highest BCUT2D eigenvalue weighted by Gasteiger charge is 2.16. The van der Waals surface area contributed by atoms with E-state index in [0.29, 0.717) is 12.8 Å². The molecule has 0 radical (unpaired) electrons. The van der Waals surface area contributed by atoms with E-state index in [1.807, 2.05) is 0 Å². The molecule has 1 unspecified atom stereocenters. The number of allylic oxidation sites excluding steroid dienone is 28. The molecule has 0 aliphatic carbocycles. The zero-order chi connectivity index (χ0) is 60.5. The number of rotatable bonds is 62. The molecule has 5 heteroatoms. The maximum atomic E-state index is 12.3. The van der Waals surface area contributed by atoms with Gasteiger partial charge in [-0.15, -0.1) is 0 Å². The number of unbranched alkanes of at least 4 members (excludes halogenated alkanes) is 26. The quantitative estimate of drug-likeness (QED) is 0.0373. The Morgan fingerprint density at radius 2 is 0.476 bits per heavy atom. The van der Waals surface area contributed by atoms with Crippen LogP contribution in [-0.4, -0.2) is 36.4 Å². The van der Waals surface area contributed by atoms with E-state index in [-0.39, 0.29) is 25.2 Å². The lowest BCUT2D eigenvalue weighted by Gasteiger charge is -2.15. The molecule has 0 rings (SSSR count). The molecule has 0 aromatic rings. The van der Waals surface area contributed by atoms with Gasteiger partial charge in [-0.25, -0.2) is 0 Å². The van der Waals surface area contributed by atoms with Gasteiger partial charge in [0.25, 0.3) is 0 Å². The Kier molecular flexibility index (Phi) is 68.4. The molecule has 0 heterocycles. The Labute approximate surface area is 519 Å². The molecule has 0 bridgehead atoms. The third-order valence-electron chi connectivity index (χ3n) is 14.5. The van der Waals surface area contributed by atoms with Crippen LogP contribution in [0.5, 0.6) is 0 Å². The van der Waals surface area contributed by atoms with E-state index in [9.17, 15) is 14.7 Å². The molecule has 0 saturated carbocycles. The summed E-state index contributed by atoms with van der Waals surface area (Å²) in [5.74, 6) is -0.630. The second-order valence-electron chi connectivity index (χ2n) is 22.5. The van der Waals surface area contributed by atoms with E-state index in [2.05, 4.69) is 184 Å². The van der Waals surface area contributed by atoms with Crippen LogP contribution in [0.3, 0.4) is 0 Å². The summed E-state index contributed by atoms with van der Waals surface area (Å²) in [6.07, 6.45) is 112. The van der Waals surface area contributed by atoms with Crippen molar-refractivity contribution in [2.24, 2.45) is 0 Å². The maximum absolute atomic E-state index is 12.3. The van der Waals surface area contributed by atoms with Crippen molar-refractivity contribution in [2.75, 3.05) is 13.2 Å². The molecule has 0 spiro atoms. The minimum Gasteiger partial charge on any atom is -0.462 e. The molecule has 5 nitrogen and oxygen atoms in total. The Balaban J connectivity index is 3.54. The summed E-state index contributed by atoms with van der Waals surface area (Å²) in [7, 11) is 0. The van der Waals surface area contributed by atoms with Crippen LogP contribution in [0.25, 0.3) is 0 Å². The van der Waals surface area contributed by atoms with Crippen LogP contribution in [0.15, 0.2) is 170 Å². The predicted octanol–water partition coefficient (Wildman–Crippen LogP) is 24.4. The average Bonchev–Trinajstić information content (AvgIpc) is 3.51. The Hall–Kier alpha value is -4.74. The lowest BCUT2D eigenvalue weighted by molar-refractivity contribution is -0.161. The number of aliphatic hydroxyl groups is 1. The molecule has 0 saturated heterocycles. The van der Waals surface area contributed by atoms with Gasteiger partial charge in [-0.3, -0.25) is 9.59 Å². The van der Waals surface area contributed by atoms with Gasteiger partial charge in [0.05, 0.1) is 6.61 Å². The summed E-state index contributed by atoms with van der Waals surface area (Å²) in [6, 6.07) is 0. The van der Waals surface area contributed by atoms with Crippen LogP contribution in [0.2, 0.25) is 0 Å². The van der Waals surface area contributed by atoms with E-state index in [4.69, 9.17) is 9.47 Å². The zero-order valence-corrected chi connectivity index (χ0v) is 54.4. The van der Waals surface area contributed by atoms with Gasteiger partial charge in [-0.05, 0) is 128 Å². The highest BCUT2D eigenvalue weighted by atomic mass is 16.6. The van der Waals surface area contributed by atoms with Crippen LogP contribution in [-0.2, 0) is 19.1 Å². The molecular weight excluding hydrogens is 1030 g/mol. The third kappa shape index (κ3) is 69.8. The van der Waals surface area contributed by atoms with Gasteiger partial charge >= 0.3 is 11.9 Å². The van der Waals surface area contributed by atoms with Crippen LogP contribution in [0.1, 0.15) is 296 Å². The molecule has 474 valence electrons. The Bertz CT molecular complexity index is 1840. The number of hydrogen-bond acceptors (Lipinski definition) is 5. The molecule has 0 aliphatic heterocycles. The fraction of sp³-hybridized carbons (Fsp3) is 0.620. The normalized spacial score (nSPS) is 13.3. The van der Waals surface area contributed by atoms with Crippen molar-refractivity contribution in [3.05, 3.63) is 170 Å². The minimum absolute atomic E-state index is 0.0868. The molecule has 84 heavy (non-hydrogen) atoms. The standard InChI is InChI=1S/C79H128O5/c1-3-5-7-9-11-13-15-17-19-21-23-25-27-29-31-33-35-36-37-38-39-40-41-42-44-45-47-49-51-53-55-57-59-61-63-65-67-69-71-73-78(81)83-76-77(75-80)84-79(82)74-72-70-68-66-64-62-60-58-56-54-52-50-48-46-43-34-32-30-28-26-24-22-20-18-16-14-12-10-8-6-4-2/h5-8,11-14,17-20,23-26,29-32,43,46,50,52,56,58,62,64,77,80H,3-4,9-10,15-16,21-22,27-28,33-42,44-45,47-49,51,53-55,57,59-61,63,65-76H2,1-2H3/b7-5-,8-6-,13-11-,14-12-,19-17-,20-18-,25-23-,26-24-,31-29-,32-30-,46-43-,52-50-,58-56-,64-62-.